The molecular weight excluding hydrogens is 349 g/mol. The molecule has 1 heterocycles. The quantitative estimate of drug-likeness (QED) is 0.868. The van der Waals surface area contributed by atoms with Crippen molar-refractivity contribution >= 4 is 11.7 Å². The van der Waals surface area contributed by atoms with Crippen LogP contribution in [0.25, 0.3) is 0 Å². The molecule has 8 heteroatoms. The van der Waals surface area contributed by atoms with E-state index in [-0.39, 0.29) is 13.3 Å². The first-order valence-electron chi connectivity index (χ1n) is 7.99. The monoisotopic (exact) mass is 366 g/mol. The molecule has 26 heavy (non-hydrogen) atoms. The predicted molar refractivity (Wildman–Crippen MR) is 89.1 cm³/mol. The molecule has 3 rings (SSSR count). The molecule has 138 valence electrons. The smallest absolute Gasteiger partial charge is 0.416 e. The van der Waals surface area contributed by atoms with E-state index >= 15 is 0 Å². The van der Waals surface area contributed by atoms with Gasteiger partial charge >= 0.3 is 12.2 Å². The van der Waals surface area contributed by atoms with Crippen LogP contribution in [0.3, 0.4) is 0 Å². The van der Waals surface area contributed by atoms with Gasteiger partial charge in [0.05, 0.1) is 12.1 Å². The standard InChI is InChI=1S/C18H17F3N2O3/c1-2-23(10-12-4-3-5-15-16(12)26-11-25-15)17(24)22-14-8-6-13(7-9-14)18(19,20)21/h3-9H,2,10-11H2,1H3,(H,22,24). The summed E-state index contributed by atoms with van der Waals surface area (Å²) in [6.07, 6.45) is -4.41. The Morgan fingerprint density at radius 3 is 2.54 bits per heavy atom. The lowest BCUT2D eigenvalue weighted by Gasteiger charge is -2.22. The summed E-state index contributed by atoms with van der Waals surface area (Å²) >= 11 is 0. The topological polar surface area (TPSA) is 50.8 Å². The second kappa shape index (κ2) is 7.15. The molecule has 1 aliphatic heterocycles. The molecule has 0 saturated heterocycles. The highest BCUT2D eigenvalue weighted by Crippen LogP contribution is 2.36. The fourth-order valence-electron chi connectivity index (χ4n) is 2.59. The van der Waals surface area contributed by atoms with Crippen molar-refractivity contribution in [1.29, 1.82) is 0 Å². The first kappa shape index (κ1) is 17.9. The molecule has 2 aromatic carbocycles. The van der Waals surface area contributed by atoms with Crippen molar-refractivity contribution in [1.82, 2.24) is 4.90 Å². The minimum Gasteiger partial charge on any atom is -0.454 e. The maximum atomic E-state index is 12.6. The van der Waals surface area contributed by atoms with Gasteiger partial charge in [0.2, 0.25) is 6.79 Å². The van der Waals surface area contributed by atoms with E-state index in [1.54, 1.807) is 6.07 Å². The van der Waals surface area contributed by atoms with Crippen LogP contribution >= 0.6 is 0 Å². The van der Waals surface area contributed by atoms with Gasteiger partial charge < -0.3 is 19.7 Å². The van der Waals surface area contributed by atoms with E-state index in [1.807, 2.05) is 19.1 Å². The Labute approximate surface area is 148 Å². The Balaban J connectivity index is 1.69. The number of alkyl halides is 3. The number of anilines is 1. The predicted octanol–water partition coefficient (Wildman–Crippen LogP) is 4.49. The highest BCUT2D eigenvalue weighted by Gasteiger charge is 2.30. The SMILES string of the molecule is CCN(Cc1cccc2c1OCO2)C(=O)Nc1ccc(C(F)(F)F)cc1. The van der Waals surface area contributed by atoms with Gasteiger partial charge in [0.1, 0.15) is 0 Å². The van der Waals surface area contributed by atoms with E-state index in [4.69, 9.17) is 9.47 Å². The van der Waals surface area contributed by atoms with Gasteiger partial charge in [-0.1, -0.05) is 12.1 Å². The number of nitrogens with one attached hydrogen (secondary N) is 1. The van der Waals surface area contributed by atoms with Crippen molar-refractivity contribution in [2.45, 2.75) is 19.6 Å². The van der Waals surface area contributed by atoms with Crippen LogP contribution in [0, 0.1) is 0 Å². The molecule has 1 N–H and O–H groups in total. The molecule has 2 aromatic rings. The van der Waals surface area contributed by atoms with Crippen LogP contribution in [0.4, 0.5) is 23.7 Å². The molecular formula is C18H17F3N2O3. The van der Waals surface area contributed by atoms with Crippen LogP contribution in [-0.4, -0.2) is 24.3 Å². The van der Waals surface area contributed by atoms with Gasteiger partial charge in [-0.05, 0) is 37.3 Å². The number of carbonyl (C=O) groups excluding carboxylic acids is 1. The number of carbonyl (C=O) groups is 1. The van der Waals surface area contributed by atoms with Gasteiger partial charge in [0.15, 0.2) is 11.5 Å². The maximum Gasteiger partial charge on any atom is 0.416 e. The Morgan fingerprint density at radius 1 is 1.15 bits per heavy atom. The second-order valence-corrected chi connectivity index (χ2v) is 5.67. The molecule has 0 fully saturated rings. The van der Waals surface area contributed by atoms with Crippen LogP contribution in [0.5, 0.6) is 11.5 Å². The Bertz CT molecular complexity index is 791. The van der Waals surface area contributed by atoms with Gasteiger partial charge in [-0.3, -0.25) is 0 Å². The number of hydrogen-bond acceptors (Lipinski definition) is 3. The summed E-state index contributed by atoms with van der Waals surface area (Å²) in [5.41, 5.74) is 0.323. The molecule has 0 unspecified atom stereocenters. The number of rotatable bonds is 4. The normalized spacial score (nSPS) is 12.8. The molecule has 0 aliphatic carbocycles. The minimum atomic E-state index is -4.41. The summed E-state index contributed by atoms with van der Waals surface area (Å²) in [4.78, 5) is 14.0. The lowest BCUT2D eigenvalue weighted by molar-refractivity contribution is -0.137. The molecule has 0 spiro atoms. The molecule has 5 nitrogen and oxygen atoms in total. The van der Waals surface area contributed by atoms with Crippen molar-refractivity contribution < 1.29 is 27.4 Å². The number of para-hydroxylation sites is 1. The number of ether oxygens (including phenoxy) is 2. The van der Waals surface area contributed by atoms with Gasteiger partial charge in [-0.15, -0.1) is 0 Å². The molecule has 0 atom stereocenters. The molecule has 0 bridgehead atoms. The second-order valence-electron chi connectivity index (χ2n) is 5.67. The highest BCUT2D eigenvalue weighted by molar-refractivity contribution is 5.89. The van der Waals surface area contributed by atoms with Crippen molar-refractivity contribution in [3.8, 4) is 11.5 Å². The Hall–Kier alpha value is -2.90. The minimum absolute atomic E-state index is 0.135. The highest BCUT2D eigenvalue weighted by atomic mass is 19.4. The van der Waals surface area contributed by atoms with Crippen molar-refractivity contribution in [2.75, 3.05) is 18.7 Å². The number of halogens is 3. The molecule has 0 aromatic heterocycles. The molecule has 2 amide bonds. The van der Waals surface area contributed by atoms with Gasteiger partial charge in [0, 0.05) is 17.8 Å². The van der Waals surface area contributed by atoms with E-state index in [9.17, 15) is 18.0 Å². The first-order valence-corrected chi connectivity index (χ1v) is 7.99. The summed E-state index contributed by atoms with van der Waals surface area (Å²) in [7, 11) is 0. The van der Waals surface area contributed by atoms with Crippen LogP contribution in [-0.2, 0) is 12.7 Å². The molecule has 1 aliphatic rings. The number of nitrogens with zero attached hydrogens (tertiary/aromatic N) is 1. The summed E-state index contributed by atoms with van der Waals surface area (Å²) < 4.78 is 48.5. The lowest BCUT2D eigenvalue weighted by atomic mass is 10.1. The third-order valence-corrected chi connectivity index (χ3v) is 3.97. The zero-order chi connectivity index (χ0) is 18.7. The van der Waals surface area contributed by atoms with Crippen molar-refractivity contribution in [3.63, 3.8) is 0 Å². The maximum absolute atomic E-state index is 12.6. The third kappa shape index (κ3) is 3.84. The van der Waals surface area contributed by atoms with E-state index in [0.717, 1.165) is 17.7 Å². The van der Waals surface area contributed by atoms with Crippen molar-refractivity contribution in [3.05, 3.63) is 53.6 Å². The lowest BCUT2D eigenvalue weighted by Crippen LogP contribution is -2.34. The Morgan fingerprint density at radius 2 is 1.88 bits per heavy atom. The fraction of sp³-hybridized carbons (Fsp3) is 0.278. The summed E-state index contributed by atoms with van der Waals surface area (Å²) in [5, 5.41) is 2.61. The third-order valence-electron chi connectivity index (χ3n) is 3.97. The van der Waals surface area contributed by atoms with Crippen LogP contribution < -0.4 is 14.8 Å². The van der Waals surface area contributed by atoms with Crippen LogP contribution in [0.15, 0.2) is 42.5 Å². The van der Waals surface area contributed by atoms with E-state index < -0.39 is 17.8 Å². The first-order chi connectivity index (χ1) is 12.4. The molecule has 0 saturated carbocycles. The number of benzene rings is 2. The van der Waals surface area contributed by atoms with Gasteiger partial charge in [-0.2, -0.15) is 13.2 Å². The number of fused-ring (bicyclic) bond motifs is 1. The van der Waals surface area contributed by atoms with Crippen LogP contribution in [0.1, 0.15) is 18.1 Å². The zero-order valence-electron chi connectivity index (χ0n) is 14.0. The average molecular weight is 366 g/mol. The number of amides is 2. The van der Waals surface area contributed by atoms with Crippen LogP contribution in [0.2, 0.25) is 0 Å². The van der Waals surface area contributed by atoms with Gasteiger partial charge in [0.25, 0.3) is 0 Å². The van der Waals surface area contributed by atoms with Crippen molar-refractivity contribution in [2.24, 2.45) is 0 Å². The van der Waals surface area contributed by atoms with E-state index in [0.29, 0.717) is 23.7 Å². The summed E-state index contributed by atoms with van der Waals surface area (Å²) in [6, 6.07) is 9.33. The zero-order valence-corrected chi connectivity index (χ0v) is 14.0. The summed E-state index contributed by atoms with van der Waals surface area (Å²) in [6.45, 7) is 2.65. The van der Waals surface area contributed by atoms with E-state index in [1.165, 1.54) is 17.0 Å². The summed E-state index contributed by atoms with van der Waals surface area (Å²) in [5.74, 6) is 1.23. The number of urea groups is 1. The largest absolute Gasteiger partial charge is 0.454 e. The number of hydrogen-bond donors (Lipinski definition) is 1. The average Bonchev–Trinajstić information content (AvgIpc) is 3.08. The fourth-order valence-corrected chi connectivity index (χ4v) is 2.59. The van der Waals surface area contributed by atoms with Gasteiger partial charge in [-0.25, -0.2) is 4.79 Å². The Kier molecular flexibility index (Phi) is 4.92. The molecule has 0 radical (unpaired) electrons. The van der Waals surface area contributed by atoms with E-state index in [2.05, 4.69) is 5.32 Å².